The Morgan fingerprint density at radius 3 is 2.35 bits per heavy atom. The fraction of sp³-hybridized carbons (Fsp3) is 0. The van der Waals surface area contributed by atoms with E-state index in [9.17, 15) is 4.79 Å². The van der Waals surface area contributed by atoms with E-state index in [1.807, 2.05) is 0 Å². The molecule has 0 radical (unpaired) electrons. The monoisotopic (exact) mass is 326 g/mol. The van der Waals surface area contributed by atoms with Crippen LogP contribution in [0.25, 0.3) is 0 Å². The molecule has 1 N–H and O–H groups in total. The first-order chi connectivity index (χ1) is 9.56. The molecule has 0 fully saturated rings. The lowest BCUT2D eigenvalue weighted by atomic mass is 10.2. The number of nitrogens with one attached hydrogen (secondary N) is 1. The van der Waals surface area contributed by atoms with E-state index in [0.717, 1.165) is 5.56 Å². The van der Waals surface area contributed by atoms with Crippen LogP contribution in [-0.2, 0) is 0 Å². The molecule has 0 spiro atoms. The first-order valence-corrected chi connectivity index (χ1v) is 6.73. The van der Waals surface area contributed by atoms with Crippen molar-refractivity contribution in [3.63, 3.8) is 0 Å². The second-order valence-electron chi connectivity index (χ2n) is 3.88. The summed E-state index contributed by atoms with van der Waals surface area (Å²) in [5.74, 6) is -0.321. The van der Waals surface area contributed by atoms with Gasteiger partial charge in [-0.05, 0) is 42.0 Å². The Labute approximate surface area is 131 Å². The van der Waals surface area contributed by atoms with Crippen LogP contribution in [-0.4, -0.2) is 12.1 Å². The van der Waals surface area contributed by atoms with Gasteiger partial charge in [-0.25, -0.2) is 5.43 Å². The minimum Gasteiger partial charge on any atom is -0.267 e. The second kappa shape index (κ2) is 6.75. The summed E-state index contributed by atoms with van der Waals surface area (Å²) in [6.07, 6.45) is 1.48. The van der Waals surface area contributed by atoms with Crippen molar-refractivity contribution in [3.05, 3.63) is 68.7 Å². The molecule has 2 aromatic carbocycles. The van der Waals surface area contributed by atoms with Gasteiger partial charge >= 0.3 is 0 Å². The highest BCUT2D eigenvalue weighted by Gasteiger charge is 2.03. The Morgan fingerprint density at radius 1 is 1.00 bits per heavy atom. The quantitative estimate of drug-likeness (QED) is 0.658. The zero-order valence-corrected chi connectivity index (χ0v) is 12.4. The number of benzene rings is 2. The van der Waals surface area contributed by atoms with Crippen molar-refractivity contribution >= 4 is 46.9 Å². The van der Waals surface area contributed by atoms with Gasteiger partial charge in [-0.3, -0.25) is 4.79 Å². The molecule has 1 amide bonds. The average Bonchev–Trinajstić information content (AvgIpc) is 2.43. The number of amides is 1. The number of halogens is 3. The van der Waals surface area contributed by atoms with Gasteiger partial charge in [-0.15, -0.1) is 0 Å². The molecular formula is C14H9Cl3N2O. The molecule has 0 heterocycles. The molecule has 20 heavy (non-hydrogen) atoms. The van der Waals surface area contributed by atoms with E-state index in [0.29, 0.717) is 20.6 Å². The Hall–Kier alpha value is -1.55. The van der Waals surface area contributed by atoms with Crippen LogP contribution in [0.5, 0.6) is 0 Å². The summed E-state index contributed by atoms with van der Waals surface area (Å²) in [5.41, 5.74) is 3.62. The molecule has 0 aliphatic carbocycles. The van der Waals surface area contributed by atoms with Crippen molar-refractivity contribution in [1.82, 2.24) is 5.43 Å². The summed E-state index contributed by atoms with van der Waals surface area (Å²) in [4.78, 5) is 11.8. The second-order valence-corrected chi connectivity index (χ2v) is 5.13. The summed E-state index contributed by atoms with van der Waals surface area (Å²) in [5, 5.41) is 5.32. The fourth-order valence-electron chi connectivity index (χ4n) is 1.42. The third kappa shape index (κ3) is 3.97. The predicted molar refractivity (Wildman–Crippen MR) is 83.0 cm³/mol. The maximum Gasteiger partial charge on any atom is 0.271 e. The van der Waals surface area contributed by atoms with Crippen LogP contribution in [0.4, 0.5) is 0 Å². The number of nitrogens with zero attached hydrogens (tertiary/aromatic N) is 1. The summed E-state index contributed by atoms with van der Waals surface area (Å²) < 4.78 is 0. The molecule has 0 bridgehead atoms. The van der Waals surface area contributed by atoms with E-state index in [1.165, 1.54) is 6.21 Å². The highest BCUT2D eigenvalue weighted by atomic mass is 35.5. The molecule has 0 atom stereocenters. The standard InChI is InChI=1S/C14H9Cl3N2O/c15-11-4-2-10(3-5-11)14(20)19-18-8-9-1-6-12(16)13(17)7-9/h1-8H,(H,19,20). The van der Waals surface area contributed by atoms with E-state index in [2.05, 4.69) is 10.5 Å². The van der Waals surface area contributed by atoms with Crippen LogP contribution in [0.2, 0.25) is 15.1 Å². The van der Waals surface area contributed by atoms with Crippen LogP contribution >= 0.6 is 34.8 Å². The SMILES string of the molecule is O=C(NN=Cc1ccc(Cl)c(Cl)c1)c1ccc(Cl)cc1. The Bertz CT molecular complexity index is 654. The van der Waals surface area contributed by atoms with Gasteiger partial charge in [0, 0.05) is 10.6 Å². The van der Waals surface area contributed by atoms with E-state index in [-0.39, 0.29) is 5.91 Å². The Balaban J connectivity index is 2.00. The van der Waals surface area contributed by atoms with Gasteiger partial charge in [0.1, 0.15) is 0 Å². The minimum absolute atomic E-state index is 0.321. The van der Waals surface area contributed by atoms with E-state index in [1.54, 1.807) is 42.5 Å². The van der Waals surface area contributed by atoms with Crippen molar-refractivity contribution in [2.75, 3.05) is 0 Å². The molecule has 6 heteroatoms. The van der Waals surface area contributed by atoms with Crippen LogP contribution in [0.1, 0.15) is 15.9 Å². The molecule has 3 nitrogen and oxygen atoms in total. The largest absolute Gasteiger partial charge is 0.271 e. The highest BCUT2D eigenvalue weighted by Crippen LogP contribution is 2.21. The molecule has 0 aliphatic heterocycles. The topological polar surface area (TPSA) is 41.5 Å². The lowest BCUT2D eigenvalue weighted by Crippen LogP contribution is -2.17. The number of rotatable bonds is 3. The van der Waals surface area contributed by atoms with Gasteiger partial charge in [0.15, 0.2) is 0 Å². The van der Waals surface area contributed by atoms with Crippen LogP contribution in [0, 0.1) is 0 Å². The molecule has 2 rings (SSSR count). The molecule has 102 valence electrons. The molecule has 0 saturated heterocycles. The first-order valence-electron chi connectivity index (χ1n) is 5.60. The summed E-state index contributed by atoms with van der Waals surface area (Å²) >= 11 is 17.4. The lowest BCUT2D eigenvalue weighted by Gasteiger charge is -2.00. The predicted octanol–water partition coefficient (Wildman–Crippen LogP) is 4.41. The van der Waals surface area contributed by atoms with E-state index in [4.69, 9.17) is 34.8 Å². The van der Waals surface area contributed by atoms with Crippen molar-refractivity contribution in [1.29, 1.82) is 0 Å². The number of carbonyl (C=O) groups is 1. The summed E-state index contributed by atoms with van der Waals surface area (Å²) in [7, 11) is 0. The van der Waals surface area contributed by atoms with E-state index < -0.39 is 0 Å². The maximum absolute atomic E-state index is 11.8. The smallest absolute Gasteiger partial charge is 0.267 e. The molecule has 2 aromatic rings. The zero-order valence-electron chi connectivity index (χ0n) is 10.1. The number of carbonyl (C=O) groups excluding carboxylic acids is 1. The normalized spacial score (nSPS) is 10.8. The van der Waals surface area contributed by atoms with Crippen LogP contribution in [0.15, 0.2) is 47.6 Å². The average molecular weight is 328 g/mol. The van der Waals surface area contributed by atoms with Gasteiger partial charge in [0.25, 0.3) is 5.91 Å². The summed E-state index contributed by atoms with van der Waals surface area (Å²) in [6, 6.07) is 11.6. The molecule has 0 aliphatic rings. The Kier molecular flexibility index (Phi) is 5.01. The van der Waals surface area contributed by atoms with Crippen molar-refractivity contribution in [3.8, 4) is 0 Å². The summed E-state index contributed by atoms with van der Waals surface area (Å²) in [6.45, 7) is 0. The minimum atomic E-state index is -0.321. The maximum atomic E-state index is 11.8. The van der Waals surface area contributed by atoms with Gasteiger partial charge < -0.3 is 0 Å². The van der Waals surface area contributed by atoms with Crippen molar-refractivity contribution < 1.29 is 4.79 Å². The van der Waals surface area contributed by atoms with Gasteiger partial charge in [0.2, 0.25) is 0 Å². The van der Waals surface area contributed by atoms with Gasteiger partial charge in [0.05, 0.1) is 16.3 Å². The number of hydrogen-bond donors (Lipinski definition) is 1. The molecule has 0 saturated carbocycles. The molecule has 0 aromatic heterocycles. The van der Waals surface area contributed by atoms with Crippen molar-refractivity contribution in [2.45, 2.75) is 0 Å². The third-order valence-corrected chi connectivity index (χ3v) is 3.42. The van der Waals surface area contributed by atoms with Crippen LogP contribution in [0.3, 0.4) is 0 Å². The van der Waals surface area contributed by atoms with Gasteiger partial charge in [-0.1, -0.05) is 40.9 Å². The number of hydrazone groups is 1. The molecule has 0 unspecified atom stereocenters. The third-order valence-electron chi connectivity index (χ3n) is 2.43. The molecular weight excluding hydrogens is 319 g/mol. The fourth-order valence-corrected chi connectivity index (χ4v) is 1.86. The lowest BCUT2D eigenvalue weighted by molar-refractivity contribution is 0.0955. The van der Waals surface area contributed by atoms with Crippen LogP contribution < -0.4 is 5.43 Å². The Morgan fingerprint density at radius 2 is 1.70 bits per heavy atom. The van der Waals surface area contributed by atoms with E-state index >= 15 is 0 Å². The van der Waals surface area contributed by atoms with Gasteiger partial charge in [-0.2, -0.15) is 5.10 Å². The zero-order chi connectivity index (χ0) is 14.5. The van der Waals surface area contributed by atoms with Crippen molar-refractivity contribution in [2.24, 2.45) is 5.10 Å². The number of hydrogen-bond acceptors (Lipinski definition) is 2. The first kappa shape index (κ1) is 14.9. The highest BCUT2D eigenvalue weighted by molar-refractivity contribution is 6.42.